The molecule has 0 aromatic heterocycles. The number of hydrogen-bond donors (Lipinski definition) is 1. The zero-order valence-electron chi connectivity index (χ0n) is 6.97. The van der Waals surface area contributed by atoms with Gasteiger partial charge in [0.1, 0.15) is 0 Å². The highest BCUT2D eigenvalue weighted by atomic mass is 16.6. The molecule has 0 spiro atoms. The van der Waals surface area contributed by atoms with Crippen molar-refractivity contribution in [3.63, 3.8) is 0 Å². The first-order chi connectivity index (χ1) is 6.15. The molecule has 0 heterocycles. The summed E-state index contributed by atoms with van der Waals surface area (Å²) < 4.78 is 0. The molecule has 1 aromatic carbocycles. The zero-order valence-corrected chi connectivity index (χ0v) is 6.97. The molecular formula is C8H8N2O3. The Kier molecular flexibility index (Phi) is 2.59. The highest BCUT2D eigenvalue weighted by molar-refractivity contribution is 5.80. The van der Waals surface area contributed by atoms with Crippen LogP contribution in [-0.4, -0.2) is 16.3 Å². The number of oxime groups is 1. The number of nitro groups is 1. The standard InChI is InChI=1S/C8H8N2O3/c1-6-4-7(5-9-11)2-3-8(6)10(12)13/h2-5,11H,1H3/b9-5-. The summed E-state index contributed by atoms with van der Waals surface area (Å²) in [6, 6.07) is 4.48. The minimum atomic E-state index is -0.449. The molecule has 0 aliphatic rings. The molecule has 0 saturated carbocycles. The molecule has 0 fully saturated rings. The molecule has 0 radical (unpaired) electrons. The van der Waals surface area contributed by atoms with Crippen molar-refractivity contribution in [3.8, 4) is 0 Å². The van der Waals surface area contributed by atoms with Gasteiger partial charge in [-0.05, 0) is 24.6 Å². The summed E-state index contributed by atoms with van der Waals surface area (Å²) in [5.74, 6) is 0. The van der Waals surface area contributed by atoms with Gasteiger partial charge >= 0.3 is 0 Å². The van der Waals surface area contributed by atoms with Gasteiger partial charge in [-0.25, -0.2) is 0 Å². The Bertz CT molecular complexity index is 360. The SMILES string of the molecule is Cc1cc(/C=N\O)ccc1[N+](=O)[O-]. The summed E-state index contributed by atoms with van der Waals surface area (Å²) in [4.78, 5) is 9.96. The molecule has 0 bridgehead atoms. The van der Waals surface area contributed by atoms with E-state index in [-0.39, 0.29) is 5.69 Å². The summed E-state index contributed by atoms with van der Waals surface area (Å²) in [5.41, 5.74) is 1.24. The molecule has 5 heteroatoms. The van der Waals surface area contributed by atoms with E-state index >= 15 is 0 Å². The maximum absolute atomic E-state index is 10.4. The molecule has 5 nitrogen and oxygen atoms in total. The maximum atomic E-state index is 10.4. The third-order valence-electron chi connectivity index (χ3n) is 1.62. The maximum Gasteiger partial charge on any atom is 0.272 e. The van der Waals surface area contributed by atoms with Gasteiger partial charge in [0.05, 0.1) is 11.1 Å². The molecule has 0 aliphatic heterocycles. The van der Waals surface area contributed by atoms with Crippen LogP contribution in [0.25, 0.3) is 0 Å². The summed E-state index contributed by atoms with van der Waals surface area (Å²) >= 11 is 0. The lowest BCUT2D eigenvalue weighted by Gasteiger charge is -1.97. The van der Waals surface area contributed by atoms with Crippen LogP contribution in [0.15, 0.2) is 23.4 Å². The van der Waals surface area contributed by atoms with Gasteiger partial charge in [0, 0.05) is 11.6 Å². The smallest absolute Gasteiger partial charge is 0.272 e. The van der Waals surface area contributed by atoms with Crippen LogP contribution < -0.4 is 0 Å². The molecule has 1 aromatic rings. The van der Waals surface area contributed by atoms with E-state index < -0.39 is 4.92 Å². The minimum absolute atomic E-state index is 0.0649. The van der Waals surface area contributed by atoms with E-state index in [1.807, 2.05) is 0 Å². The Morgan fingerprint density at radius 2 is 2.31 bits per heavy atom. The predicted molar refractivity (Wildman–Crippen MR) is 47.2 cm³/mol. The average Bonchev–Trinajstić information content (AvgIpc) is 2.04. The van der Waals surface area contributed by atoms with Gasteiger partial charge in [-0.1, -0.05) is 5.16 Å². The van der Waals surface area contributed by atoms with Gasteiger partial charge in [0.2, 0.25) is 0 Å². The number of nitrogens with zero attached hydrogens (tertiary/aromatic N) is 2. The first-order valence-electron chi connectivity index (χ1n) is 3.57. The predicted octanol–water partition coefficient (Wildman–Crippen LogP) is 1.71. The number of benzene rings is 1. The van der Waals surface area contributed by atoms with Crippen molar-refractivity contribution in [2.45, 2.75) is 6.92 Å². The second-order valence-electron chi connectivity index (χ2n) is 2.55. The Morgan fingerprint density at radius 1 is 1.62 bits per heavy atom. The van der Waals surface area contributed by atoms with Gasteiger partial charge in [-0.15, -0.1) is 0 Å². The van der Waals surface area contributed by atoms with Crippen LogP contribution in [0, 0.1) is 17.0 Å². The highest BCUT2D eigenvalue weighted by Gasteiger charge is 2.08. The van der Waals surface area contributed by atoms with Crippen molar-refractivity contribution in [2.24, 2.45) is 5.16 Å². The van der Waals surface area contributed by atoms with Crippen LogP contribution in [0.1, 0.15) is 11.1 Å². The topological polar surface area (TPSA) is 75.7 Å². The van der Waals surface area contributed by atoms with Gasteiger partial charge in [-0.2, -0.15) is 0 Å². The second kappa shape index (κ2) is 3.66. The third-order valence-corrected chi connectivity index (χ3v) is 1.62. The van der Waals surface area contributed by atoms with E-state index in [9.17, 15) is 10.1 Å². The first kappa shape index (κ1) is 9.18. The average molecular weight is 180 g/mol. The van der Waals surface area contributed by atoms with Crippen LogP contribution in [0.5, 0.6) is 0 Å². The van der Waals surface area contributed by atoms with E-state index in [1.54, 1.807) is 13.0 Å². The van der Waals surface area contributed by atoms with Crippen molar-refractivity contribution in [3.05, 3.63) is 39.4 Å². The van der Waals surface area contributed by atoms with Crippen LogP contribution in [0.4, 0.5) is 5.69 Å². The fraction of sp³-hybridized carbons (Fsp3) is 0.125. The fourth-order valence-corrected chi connectivity index (χ4v) is 1.03. The summed E-state index contributed by atoms with van der Waals surface area (Å²) in [5, 5.41) is 21.5. The zero-order chi connectivity index (χ0) is 9.84. The molecule has 0 unspecified atom stereocenters. The van der Waals surface area contributed by atoms with E-state index in [0.29, 0.717) is 11.1 Å². The van der Waals surface area contributed by atoms with E-state index in [1.165, 1.54) is 18.3 Å². The van der Waals surface area contributed by atoms with Crippen LogP contribution >= 0.6 is 0 Å². The Hall–Kier alpha value is -1.91. The molecule has 68 valence electrons. The van der Waals surface area contributed by atoms with E-state index in [0.717, 1.165) is 0 Å². The van der Waals surface area contributed by atoms with Crippen LogP contribution in [0.2, 0.25) is 0 Å². The van der Waals surface area contributed by atoms with Crippen LogP contribution in [-0.2, 0) is 0 Å². The lowest BCUT2D eigenvalue weighted by atomic mass is 10.1. The second-order valence-corrected chi connectivity index (χ2v) is 2.55. The van der Waals surface area contributed by atoms with Crippen molar-refractivity contribution in [2.75, 3.05) is 0 Å². The summed E-state index contributed by atoms with van der Waals surface area (Å²) in [6.07, 6.45) is 1.22. The quantitative estimate of drug-likeness (QED) is 0.326. The van der Waals surface area contributed by atoms with Gasteiger partial charge in [-0.3, -0.25) is 10.1 Å². The number of aryl methyl sites for hydroxylation is 1. The molecular weight excluding hydrogens is 172 g/mol. The van der Waals surface area contributed by atoms with E-state index in [2.05, 4.69) is 5.16 Å². The number of hydrogen-bond acceptors (Lipinski definition) is 4. The van der Waals surface area contributed by atoms with Crippen molar-refractivity contribution in [1.82, 2.24) is 0 Å². The fourth-order valence-electron chi connectivity index (χ4n) is 1.03. The monoisotopic (exact) mass is 180 g/mol. The highest BCUT2D eigenvalue weighted by Crippen LogP contribution is 2.17. The lowest BCUT2D eigenvalue weighted by molar-refractivity contribution is -0.385. The van der Waals surface area contributed by atoms with Gasteiger partial charge in [0.25, 0.3) is 5.69 Å². The Balaban J connectivity index is 3.12. The lowest BCUT2D eigenvalue weighted by Crippen LogP contribution is -1.92. The minimum Gasteiger partial charge on any atom is -0.411 e. The van der Waals surface area contributed by atoms with Crippen molar-refractivity contribution in [1.29, 1.82) is 0 Å². The molecule has 13 heavy (non-hydrogen) atoms. The first-order valence-corrected chi connectivity index (χ1v) is 3.57. The molecule has 0 aliphatic carbocycles. The summed E-state index contributed by atoms with van der Waals surface area (Å²) in [7, 11) is 0. The van der Waals surface area contributed by atoms with Crippen molar-refractivity contribution >= 4 is 11.9 Å². The molecule has 0 amide bonds. The largest absolute Gasteiger partial charge is 0.411 e. The van der Waals surface area contributed by atoms with Gasteiger partial charge in [0.15, 0.2) is 0 Å². The normalized spacial score (nSPS) is 10.5. The molecule has 0 atom stereocenters. The van der Waals surface area contributed by atoms with E-state index in [4.69, 9.17) is 5.21 Å². The molecule has 1 rings (SSSR count). The van der Waals surface area contributed by atoms with Crippen molar-refractivity contribution < 1.29 is 10.1 Å². The van der Waals surface area contributed by atoms with Gasteiger partial charge < -0.3 is 5.21 Å². The Morgan fingerprint density at radius 3 is 2.77 bits per heavy atom. The Labute approximate surface area is 74.5 Å². The molecule has 1 N–H and O–H groups in total. The number of rotatable bonds is 2. The summed E-state index contributed by atoms with van der Waals surface area (Å²) in [6.45, 7) is 1.63. The van der Waals surface area contributed by atoms with Crippen LogP contribution in [0.3, 0.4) is 0 Å². The molecule has 0 saturated heterocycles. The third kappa shape index (κ3) is 2.02. The number of nitro benzene ring substituents is 1.